The summed E-state index contributed by atoms with van der Waals surface area (Å²) in [4.78, 5) is 23.0. The van der Waals surface area contributed by atoms with Gasteiger partial charge in [0, 0.05) is 22.0 Å². The molecule has 0 atom stereocenters. The summed E-state index contributed by atoms with van der Waals surface area (Å²) in [6, 6.07) is 14.9. The van der Waals surface area contributed by atoms with Crippen molar-refractivity contribution in [3.8, 4) is 11.5 Å². The van der Waals surface area contributed by atoms with E-state index in [0.717, 1.165) is 9.86 Å². The normalized spacial score (nSPS) is 10.5. The second-order valence-corrected chi connectivity index (χ2v) is 5.59. The second kappa shape index (κ2) is 6.66. The number of fused-ring (bicyclic) bond motifs is 1. The molecule has 0 bridgehead atoms. The summed E-state index contributed by atoms with van der Waals surface area (Å²) >= 11 is 3.32. The number of esters is 1. The predicted octanol–water partition coefficient (Wildman–Crippen LogP) is 3.54. The van der Waals surface area contributed by atoms with Gasteiger partial charge in [0.15, 0.2) is 6.61 Å². The van der Waals surface area contributed by atoms with Crippen LogP contribution in [0.1, 0.15) is 0 Å². The van der Waals surface area contributed by atoms with Crippen LogP contribution in [0, 0.1) is 0 Å². The Morgan fingerprint density at radius 2 is 1.70 bits per heavy atom. The first-order valence-electron chi connectivity index (χ1n) is 6.73. The van der Waals surface area contributed by atoms with Crippen LogP contribution in [0.4, 0.5) is 0 Å². The minimum absolute atomic E-state index is 0.224. The van der Waals surface area contributed by atoms with Crippen molar-refractivity contribution in [1.82, 2.24) is 0 Å². The number of carbonyl (C=O) groups is 1. The van der Waals surface area contributed by atoms with E-state index < -0.39 is 11.6 Å². The number of benzene rings is 2. The lowest BCUT2D eigenvalue weighted by atomic mass is 10.2. The monoisotopic (exact) mass is 374 g/mol. The minimum Gasteiger partial charge on any atom is -0.482 e. The third-order valence-corrected chi connectivity index (χ3v) is 3.53. The Bertz CT molecular complexity index is 899. The topological polar surface area (TPSA) is 65.7 Å². The number of hydrogen-bond acceptors (Lipinski definition) is 5. The van der Waals surface area contributed by atoms with Crippen molar-refractivity contribution in [3.63, 3.8) is 0 Å². The highest BCUT2D eigenvalue weighted by molar-refractivity contribution is 9.10. The summed E-state index contributed by atoms with van der Waals surface area (Å²) < 4.78 is 16.5. The van der Waals surface area contributed by atoms with Crippen LogP contribution in [0.2, 0.25) is 0 Å². The molecular formula is C17H11BrO5. The van der Waals surface area contributed by atoms with E-state index in [0.29, 0.717) is 11.3 Å². The Balaban J connectivity index is 1.65. The molecule has 0 fully saturated rings. The van der Waals surface area contributed by atoms with Crippen LogP contribution in [0.15, 0.2) is 68.3 Å². The zero-order valence-electron chi connectivity index (χ0n) is 11.8. The molecule has 116 valence electrons. The fraction of sp³-hybridized carbons (Fsp3) is 0.0588. The van der Waals surface area contributed by atoms with Gasteiger partial charge in [-0.15, -0.1) is 0 Å². The van der Waals surface area contributed by atoms with E-state index in [4.69, 9.17) is 13.9 Å². The number of carbonyl (C=O) groups excluding carboxylic acids is 1. The molecular weight excluding hydrogens is 364 g/mol. The van der Waals surface area contributed by atoms with Crippen molar-refractivity contribution < 1.29 is 18.7 Å². The van der Waals surface area contributed by atoms with E-state index >= 15 is 0 Å². The van der Waals surface area contributed by atoms with Gasteiger partial charge in [-0.3, -0.25) is 0 Å². The SMILES string of the molecule is O=C(COc1ccc(Br)cc1)Oc1ccc2ccc(=O)oc2c1. The summed E-state index contributed by atoms with van der Waals surface area (Å²) in [5.41, 5.74) is -0.101. The second-order valence-electron chi connectivity index (χ2n) is 4.67. The van der Waals surface area contributed by atoms with Gasteiger partial charge < -0.3 is 13.9 Å². The molecule has 0 N–H and O–H groups in total. The Morgan fingerprint density at radius 3 is 2.48 bits per heavy atom. The fourth-order valence-electron chi connectivity index (χ4n) is 1.94. The quantitative estimate of drug-likeness (QED) is 0.397. The average Bonchev–Trinajstić information content (AvgIpc) is 2.54. The molecule has 6 heteroatoms. The molecule has 0 aliphatic carbocycles. The molecule has 0 saturated heterocycles. The fourth-order valence-corrected chi connectivity index (χ4v) is 2.20. The smallest absolute Gasteiger partial charge is 0.349 e. The molecule has 0 amide bonds. The average molecular weight is 375 g/mol. The van der Waals surface area contributed by atoms with E-state index in [-0.39, 0.29) is 12.4 Å². The summed E-state index contributed by atoms with van der Waals surface area (Å²) in [6.07, 6.45) is 0. The number of rotatable bonds is 4. The number of ether oxygens (including phenoxy) is 2. The first-order valence-corrected chi connectivity index (χ1v) is 7.52. The highest BCUT2D eigenvalue weighted by atomic mass is 79.9. The molecule has 23 heavy (non-hydrogen) atoms. The third kappa shape index (κ3) is 3.98. The number of halogens is 1. The molecule has 5 nitrogen and oxygen atoms in total. The van der Waals surface area contributed by atoms with Crippen molar-refractivity contribution in [3.05, 3.63) is 69.5 Å². The predicted molar refractivity (Wildman–Crippen MR) is 87.8 cm³/mol. The zero-order valence-corrected chi connectivity index (χ0v) is 13.4. The van der Waals surface area contributed by atoms with Crippen LogP contribution in [-0.2, 0) is 4.79 Å². The lowest BCUT2D eigenvalue weighted by molar-refractivity contribution is -0.136. The number of hydrogen-bond donors (Lipinski definition) is 0. The maximum absolute atomic E-state index is 11.8. The highest BCUT2D eigenvalue weighted by Gasteiger charge is 2.08. The van der Waals surface area contributed by atoms with E-state index in [1.54, 1.807) is 30.3 Å². The van der Waals surface area contributed by atoms with E-state index in [9.17, 15) is 9.59 Å². The molecule has 1 aromatic heterocycles. The van der Waals surface area contributed by atoms with Crippen molar-refractivity contribution in [2.24, 2.45) is 0 Å². The van der Waals surface area contributed by atoms with Gasteiger partial charge in [0.1, 0.15) is 17.1 Å². The third-order valence-electron chi connectivity index (χ3n) is 3.00. The molecule has 3 rings (SSSR count). The highest BCUT2D eigenvalue weighted by Crippen LogP contribution is 2.20. The van der Waals surface area contributed by atoms with Crippen molar-refractivity contribution in [2.75, 3.05) is 6.61 Å². The Hall–Kier alpha value is -2.60. The standard InChI is InChI=1S/C17H11BrO5/c18-12-3-6-13(7-4-12)21-10-17(20)22-14-5-1-11-2-8-16(19)23-15(11)9-14/h1-9H,10H2. The summed E-state index contributed by atoms with van der Waals surface area (Å²) in [6.45, 7) is -0.224. The molecule has 0 spiro atoms. The summed E-state index contributed by atoms with van der Waals surface area (Å²) in [5, 5.41) is 0.746. The first kappa shape index (κ1) is 15.3. The van der Waals surface area contributed by atoms with Crippen LogP contribution in [0.25, 0.3) is 11.0 Å². The molecule has 0 aliphatic heterocycles. The zero-order chi connectivity index (χ0) is 16.2. The van der Waals surface area contributed by atoms with Crippen molar-refractivity contribution >= 4 is 32.9 Å². The lowest BCUT2D eigenvalue weighted by Crippen LogP contribution is -2.17. The van der Waals surface area contributed by atoms with Gasteiger partial charge in [0.05, 0.1) is 0 Å². The van der Waals surface area contributed by atoms with Gasteiger partial charge in [-0.2, -0.15) is 0 Å². The van der Waals surface area contributed by atoms with Crippen LogP contribution in [0.3, 0.4) is 0 Å². The maximum atomic E-state index is 11.8. The van der Waals surface area contributed by atoms with E-state index in [1.165, 1.54) is 12.1 Å². The molecule has 0 unspecified atom stereocenters. The van der Waals surface area contributed by atoms with Gasteiger partial charge in [-0.25, -0.2) is 9.59 Å². The van der Waals surface area contributed by atoms with Gasteiger partial charge >= 0.3 is 11.6 Å². The molecule has 3 aromatic rings. The first-order chi connectivity index (χ1) is 11.1. The Kier molecular flexibility index (Phi) is 4.43. The lowest BCUT2D eigenvalue weighted by Gasteiger charge is -2.07. The van der Waals surface area contributed by atoms with Gasteiger partial charge in [-0.1, -0.05) is 15.9 Å². The largest absolute Gasteiger partial charge is 0.482 e. The van der Waals surface area contributed by atoms with Crippen molar-refractivity contribution in [1.29, 1.82) is 0 Å². The van der Waals surface area contributed by atoms with Crippen LogP contribution in [-0.4, -0.2) is 12.6 Å². The van der Waals surface area contributed by atoms with Crippen molar-refractivity contribution in [2.45, 2.75) is 0 Å². The Morgan fingerprint density at radius 1 is 1.00 bits per heavy atom. The van der Waals surface area contributed by atoms with Crippen LogP contribution in [0.5, 0.6) is 11.5 Å². The van der Waals surface area contributed by atoms with Gasteiger partial charge in [-0.05, 0) is 42.5 Å². The minimum atomic E-state index is -0.550. The molecule has 0 saturated carbocycles. The van der Waals surface area contributed by atoms with E-state index in [1.807, 2.05) is 12.1 Å². The van der Waals surface area contributed by atoms with Gasteiger partial charge in [0.2, 0.25) is 0 Å². The van der Waals surface area contributed by atoms with Gasteiger partial charge in [0.25, 0.3) is 0 Å². The molecule has 0 aliphatic rings. The Labute approximate surface area is 139 Å². The summed E-state index contributed by atoms with van der Waals surface area (Å²) in [5.74, 6) is 0.302. The molecule has 2 aromatic carbocycles. The van der Waals surface area contributed by atoms with E-state index in [2.05, 4.69) is 15.9 Å². The summed E-state index contributed by atoms with van der Waals surface area (Å²) in [7, 11) is 0. The maximum Gasteiger partial charge on any atom is 0.349 e. The van der Waals surface area contributed by atoms with Crippen LogP contribution >= 0.6 is 15.9 Å². The molecule has 1 heterocycles. The van der Waals surface area contributed by atoms with Crippen LogP contribution < -0.4 is 15.1 Å². The molecule has 0 radical (unpaired) electrons.